The summed E-state index contributed by atoms with van der Waals surface area (Å²) in [5, 5.41) is 8.62. The Labute approximate surface area is 80.7 Å². The molecule has 1 aromatic carbocycles. The van der Waals surface area contributed by atoms with Crippen LogP contribution in [0.3, 0.4) is 0 Å². The van der Waals surface area contributed by atoms with Crippen molar-refractivity contribution in [3.05, 3.63) is 29.6 Å². The maximum absolute atomic E-state index is 13.0. The number of carbonyl (C=O) groups is 1. The largest absolute Gasteiger partial charge is 0.492 e. The number of carbonyl (C=O) groups excluding carboxylic acids is 1. The Morgan fingerprint density at radius 2 is 2.36 bits per heavy atom. The first-order valence-electron chi connectivity index (χ1n) is 4.04. The van der Waals surface area contributed by atoms with E-state index >= 15 is 0 Å². The SMILES string of the molecule is N#Cc1c(F)cccc1OCCC=O. The van der Waals surface area contributed by atoms with Crippen molar-refractivity contribution in [2.75, 3.05) is 6.61 Å². The van der Waals surface area contributed by atoms with Gasteiger partial charge in [0.1, 0.15) is 29.5 Å². The minimum Gasteiger partial charge on any atom is -0.492 e. The summed E-state index contributed by atoms with van der Waals surface area (Å²) in [6.45, 7) is 0.154. The lowest BCUT2D eigenvalue weighted by Crippen LogP contribution is -2.00. The fourth-order valence-electron chi connectivity index (χ4n) is 0.950. The van der Waals surface area contributed by atoms with Crippen LogP contribution in [0.15, 0.2) is 18.2 Å². The lowest BCUT2D eigenvalue weighted by molar-refractivity contribution is -0.108. The number of nitrogens with zero attached hydrogens (tertiary/aromatic N) is 1. The smallest absolute Gasteiger partial charge is 0.144 e. The minimum absolute atomic E-state index is 0.126. The van der Waals surface area contributed by atoms with E-state index in [1.54, 1.807) is 6.07 Å². The minimum atomic E-state index is -0.615. The Morgan fingerprint density at radius 1 is 1.57 bits per heavy atom. The van der Waals surface area contributed by atoms with E-state index in [1.165, 1.54) is 18.2 Å². The van der Waals surface area contributed by atoms with Gasteiger partial charge in [0.2, 0.25) is 0 Å². The quantitative estimate of drug-likeness (QED) is 0.539. The fourth-order valence-corrected chi connectivity index (χ4v) is 0.950. The average Bonchev–Trinajstić information content (AvgIpc) is 2.18. The van der Waals surface area contributed by atoms with E-state index in [0.717, 1.165) is 0 Å². The highest BCUT2D eigenvalue weighted by atomic mass is 19.1. The van der Waals surface area contributed by atoms with Crippen molar-refractivity contribution in [2.24, 2.45) is 0 Å². The van der Waals surface area contributed by atoms with E-state index in [2.05, 4.69) is 0 Å². The van der Waals surface area contributed by atoms with Gasteiger partial charge in [-0.2, -0.15) is 5.26 Å². The number of ether oxygens (including phenoxy) is 1. The van der Waals surface area contributed by atoms with Crippen LogP contribution in [0.25, 0.3) is 0 Å². The molecule has 0 aromatic heterocycles. The summed E-state index contributed by atoms with van der Waals surface area (Å²) >= 11 is 0. The van der Waals surface area contributed by atoms with E-state index in [-0.39, 0.29) is 24.3 Å². The molecule has 0 N–H and O–H groups in total. The molecule has 0 radical (unpaired) electrons. The first-order chi connectivity index (χ1) is 6.79. The fraction of sp³-hybridized carbons (Fsp3) is 0.200. The van der Waals surface area contributed by atoms with Gasteiger partial charge in [-0.25, -0.2) is 4.39 Å². The third kappa shape index (κ3) is 2.30. The Morgan fingerprint density at radius 3 is 3.00 bits per heavy atom. The molecule has 3 nitrogen and oxygen atoms in total. The molecule has 72 valence electrons. The Hall–Kier alpha value is -1.89. The van der Waals surface area contributed by atoms with Crippen LogP contribution < -0.4 is 4.74 Å². The zero-order valence-electron chi connectivity index (χ0n) is 7.37. The van der Waals surface area contributed by atoms with Crippen LogP contribution in [0, 0.1) is 17.1 Å². The third-order valence-corrected chi connectivity index (χ3v) is 1.58. The van der Waals surface area contributed by atoms with Crippen LogP contribution in [0.5, 0.6) is 5.75 Å². The van der Waals surface area contributed by atoms with E-state index in [0.29, 0.717) is 6.29 Å². The normalized spacial score (nSPS) is 9.14. The molecule has 14 heavy (non-hydrogen) atoms. The summed E-state index contributed by atoms with van der Waals surface area (Å²) < 4.78 is 18.0. The number of hydrogen-bond acceptors (Lipinski definition) is 3. The van der Waals surface area contributed by atoms with Crippen molar-refractivity contribution in [1.82, 2.24) is 0 Å². The van der Waals surface area contributed by atoms with Crippen molar-refractivity contribution >= 4 is 6.29 Å². The highest BCUT2D eigenvalue weighted by Crippen LogP contribution is 2.20. The molecule has 0 amide bonds. The first kappa shape index (κ1) is 10.2. The summed E-state index contributed by atoms with van der Waals surface area (Å²) in [6, 6.07) is 5.83. The van der Waals surface area contributed by atoms with Crippen LogP contribution in [0.1, 0.15) is 12.0 Å². The lowest BCUT2D eigenvalue weighted by Gasteiger charge is -2.05. The number of rotatable bonds is 4. The predicted octanol–water partition coefficient (Wildman–Crippen LogP) is 1.67. The average molecular weight is 193 g/mol. The van der Waals surface area contributed by atoms with Crippen molar-refractivity contribution in [2.45, 2.75) is 6.42 Å². The van der Waals surface area contributed by atoms with Crippen LogP contribution in [0.2, 0.25) is 0 Å². The predicted molar refractivity (Wildman–Crippen MR) is 47.3 cm³/mol. The number of nitriles is 1. The number of halogens is 1. The molecule has 0 fully saturated rings. The second-order valence-corrected chi connectivity index (χ2v) is 2.53. The maximum atomic E-state index is 13.0. The van der Waals surface area contributed by atoms with Gasteiger partial charge in [-0.3, -0.25) is 0 Å². The van der Waals surface area contributed by atoms with Crippen molar-refractivity contribution in [1.29, 1.82) is 5.26 Å². The summed E-state index contributed by atoms with van der Waals surface area (Å²) in [5.74, 6) is -0.439. The summed E-state index contributed by atoms with van der Waals surface area (Å²) in [5.41, 5.74) is -0.126. The maximum Gasteiger partial charge on any atom is 0.144 e. The third-order valence-electron chi connectivity index (χ3n) is 1.58. The van der Waals surface area contributed by atoms with Crippen molar-refractivity contribution in [3.8, 4) is 11.8 Å². The van der Waals surface area contributed by atoms with Gasteiger partial charge in [0.15, 0.2) is 0 Å². The summed E-state index contributed by atoms with van der Waals surface area (Å²) in [6.07, 6.45) is 0.923. The second kappa shape index (κ2) is 4.97. The Balaban J connectivity index is 2.81. The van der Waals surface area contributed by atoms with Gasteiger partial charge in [0.25, 0.3) is 0 Å². The number of aldehydes is 1. The zero-order chi connectivity index (χ0) is 10.4. The van der Waals surface area contributed by atoms with E-state index in [9.17, 15) is 9.18 Å². The lowest BCUT2D eigenvalue weighted by atomic mass is 10.2. The molecule has 0 heterocycles. The zero-order valence-corrected chi connectivity index (χ0v) is 7.37. The van der Waals surface area contributed by atoms with Gasteiger partial charge in [-0.15, -0.1) is 0 Å². The number of benzene rings is 1. The van der Waals surface area contributed by atoms with Gasteiger partial charge >= 0.3 is 0 Å². The van der Waals surface area contributed by atoms with Crippen molar-refractivity contribution in [3.63, 3.8) is 0 Å². The molecule has 4 heteroatoms. The van der Waals surface area contributed by atoms with Gasteiger partial charge in [-0.05, 0) is 12.1 Å². The molecule has 0 unspecified atom stereocenters. The molecule has 0 aliphatic heterocycles. The Bertz CT molecular complexity index is 371. The van der Waals surface area contributed by atoms with E-state index in [4.69, 9.17) is 10.00 Å². The molecule has 1 rings (SSSR count). The summed E-state index contributed by atoms with van der Waals surface area (Å²) in [7, 11) is 0. The highest BCUT2D eigenvalue weighted by Gasteiger charge is 2.07. The molecular weight excluding hydrogens is 185 g/mol. The summed E-state index contributed by atoms with van der Waals surface area (Å²) in [4.78, 5) is 10.00. The molecular formula is C10H8FNO2. The van der Waals surface area contributed by atoms with E-state index in [1.807, 2.05) is 0 Å². The van der Waals surface area contributed by atoms with Crippen LogP contribution >= 0.6 is 0 Å². The van der Waals surface area contributed by atoms with Gasteiger partial charge in [0, 0.05) is 6.42 Å². The van der Waals surface area contributed by atoms with E-state index < -0.39 is 5.82 Å². The standard InChI is InChI=1S/C10H8FNO2/c11-9-3-1-4-10(8(9)7-12)14-6-2-5-13/h1,3-5H,2,6H2. The monoisotopic (exact) mass is 193 g/mol. The van der Waals surface area contributed by atoms with Crippen LogP contribution in [-0.4, -0.2) is 12.9 Å². The Kier molecular flexibility index (Phi) is 3.62. The molecule has 0 aliphatic carbocycles. The molecule has 0 spiro atoms. The molecule has 0 bridgehead atoms. The molecule has 0 aliphatic rings. The molecule has 0 atom stereocenters. The molecule has 1 aromatic rings. The van der Waals surface area contributed by atoms with Crippen molar-refractivity contribution < 1.29 is 13.9 Å². The highest BCUT2D eigenvalue weighted by molar-refractivity contribution is 5.49. The van der Waals surface area contributed by atoms with Crippen LogP contribution in [0.4, 0.5) is 4.39 Å². The number of hydrogen-bond donors (Lipinski definition) is 0. The second-order valence-electron chi connectivity index (χ2n) is 2.53. The van der Waals surface area contributed by atoms with Crippen LogP contribution in [-0.2, 0) is 4.79 Å². The van der Waals surface area contributed by atoms with Gasteiger partial charge < -0.3 is 9.53 Å². The molecule has 0 saturated heterocycles. The van der Waals surface area contributed by atoms with Gasteiger partial charge in [0.05, 0.1) is 6.61 Å². The molecule has 0 saturated carbocycles. The topological polar surface area (TPSA) is 50.1 Å². The first-order valence-corrected chi connectivity index (χ1v) is 4.04. The van der Waals surface area contributed by atoms with Gasteiger partial charge in [-0.1, -0.05) is 6.07 Å².